The standard InChI is InChI=1S/C14H21NO2/c1-2-14(17)12-5-3-4-6-13(12)15-9-7-11(16)8-10-15/h3-6,11,14,16-17H,2,7-10H2,1H3/t14-/m0/s1. The van der Waals surface area contributed by atoms with Crippen molar-refractivity contribution in [2.45, 2.75) is 38.4 Å². The molecule has 0 aliphatic carbocycles. The Bertz CT molecular complexity index is 359. The Morgan fingerprint density at radius 1 is 1.29 bits per heavy atom. The van der Waals surface area contributed by atoms with E-state index in [0.717, 1.165) is 43.6 Å². The lowest BCUT2D eigenvalue weighted by molar-refractivity contribution is 0.144. The molecule has 0 amide bonds. The number of para-hydroxylation sites is 1. The number of hydrogen-bond donors (Lipinski definition) is 2. The van der Waals surface area contributed by atoms with Gasteiger partial charge in [0.25, 0.3) is 0 Å². The molecular weight excluding hydrogens is 214 g/mol. The van der Waals surface area contributed by atoms with Crippen LogP contribution in [0.25, 0.3) is 0 Å². The van der Waals surface area contributed by atoms with E-state index in [4.69, 9.17) is 0 Å². The van der Waals surface area contributed by atoms with E-state index in [1.165, 1.54) is 0 Å². The third kappa shape index (κ3) is 2.79. The molecule has 1 fully saturated rings. The van der Waals surface area contributed by atoms with E-state index < -0.39 is 6.10 Å². The molecule has 2 N–H and O–H groups in total. The highest BCUT2D eigenvalue weighted by Gasteiger charge is 2.20. The number of hydrogen-bond acceptors (Lipinski definition) is 3. The first-order chi connectivity index (χ1) is 8.22. The summed E-state index contributed by atoms with van der Waals surface area (Å²) in [5.41, 5.74) is 2.13. The summed E-state index contributed by atoms with van der Waals surface area (Å²) in [7, 11) is 0. The summed E-state index contributed by atoms with van der Waals surface area (Å²) in [6.07, 6.45) is 1.81. The SMILES string of the molecule is CC[C@H](O)c1ccccc1N1CCC(O)CC1. The Balaban J connectivity index is 2.19. The summed E-state index contributed by atoms with van der Waals surface area (Å²) >= 11 is 0. The molecule has 3 nitrogen and oxygen atoms in total. The second-order valence-electron chi connectivity index (χ2n) is 4.70. The highest BCUT2D eigenvalue weighted by Crippen LogP contribution is 2.29. The summed E-state index contributed by atoms with van der Waals surface area (Å²) in [5, 5.41) is 19.5. The maximum atomic E-state index is 10.0. The fourth-order valence-electron chi connectivity index (χ4n) is 2.38. The van der Waals surface area contributed by atoms with Crippen molar-refractivity contribution < 1.29 is 10.2 Å². The molecule has 0 saturated carbocycles. The summed E-state index contributed by atoms with van der Waals surface area (Å²) in [6, 6.07) is 8.03. The van der Waals surface area contributed by atoms with Crippen molar-refractivity contribution in [3.05, 3.63) is 29.8 Å². The number of rotatable bonds is 3. The Kier molecular flexibility index (Phi) is 4.02. The predicted octanol–water partition coefficient (Wildman–Crippen LogP) is 2.09. The lowest BCUT2D eigenvalue weighted by atomic mass is 10.0. The third-order valence-electron chi connectivity index (χ3n) is 3.49. The first kappa shape index (κ1) is 12.4. The first-order valence-electron chi connectivity index (χ1n) is 6.42. The van der Waals surface area contributed by atoms with Crippen LogP contribution in [-0.4, -0.2) is 29.4 Å². The Labute approximate surface area is 103 Å². The Hall–Kier alpha value is -1.06. The van der Waals surface area contributed by atoms with Crippen LogP contribution in [-0.2, 0) is 0 Å². The molecule has 0 aromatic heterocycles. The summed E-state index contributed by atoms with van der Waals surface area (Å²) in [6.45, 7) is 3.73. The quantitative estimate of drug-likeness (QED) is 0.843. The summed E-state index contributed by atoms with van der Waals surface area (Å²) in [4.78, 5) is 2.26. The van der Waals surface area contributed by atoms with Crippen molar-refractivity contribution >= 4 is 5.69 Å². The van der Waals surface area contributed by atoms with Crippen molar-refractivity contribution in [2.24, 2.45) is 0 Å². The molecule has 2 rings (SSSR count). The molecule has 1 atom stereocenters. The van der Waals surface area contributed by atoms with Gasteiger partial charge in [0.2, 0.25) is 0 Å². The molecule has 0 unspecified atom stereocenters. The molecule has 1 aromatic carbocycles. The molecule has 1 aromatic rings. The second-order valence-corrected chi connectivity index (χ2v) is 4.70. The highest BCUT2D eigenvalue weighted by molar-refractivity contribution is 5.54. The molecule has 94 valence electrons. The van der Waals surface area contributed by atoms with Crippen LogP contribution in [0.3, 0.4) is 0 Å². The van der Waals surface area contributed by atoms with E-state index in [1.807, 2.05) is 25.1 Å². The largest absolute Gasteiger partial charge is 0.393 e. The van der Waals surface area contributed by atoms with Gasteiger partial charge in [-0.2, -0.15) is 0 Å². The number of piperidine rings is 1. The fourth-order valence-corrected chi connectivity index (χ4v) is 2.38. The van der Waals surface area contributed by atoms with Crippen molar-refractivity contribution in [3.8, 4) is 0 Å². The van der Waals surface area contributed by atoms with Gasteiger partial charge in [-0.05, 0) is 25.3 Å². The van der Waals surface area contributed by atoms with Crippen LogP contribution in [0, 0.1) is 0 Å². The minimum absolute atomic E-state index is 0.158. The second kappa shape index (κ2) is 5.52. The number of nitrogens with zero attached hydrogens (tertiary/aromatic N) is 1. The zero-order valence-electron chi connectivity index (χ0n) is 10.3. The van der Waals surface area contributed by atoms with Crippen LogP contribution in [0.2, 0.25) is 0 Å². The molecule has 17 heavy (non-hydrogen) atoms. The van der Waals surface area contributed by atoms with Gasteiger partial charge in [-0.3, -0.25) is 0 Å². The summed E-state index contributed by atoms with van der Waals surface area (Å²) in [5.74, 6) is 0. The van der Waals surface area contributed by atoms with Crippen molar-refractivity contribution in [1.29, 1.82) is 0 Å². The van der Waals surface area contributed by atoms with Crippen molar-refractivity contribution in [1.82, 2.24) is 0 Å². The Morgan fingerprint density at radius 3 is 2.59 bits per heavy atom. The topological polar surface area (TPSA) is 43.7 Å². The van der Waals surface area contributed by atoms with Gasteiger partial charge in [0.05, 0.1) is 12.2 Å². The van der Waals surface area contributed by atoms with E-state index in [9.17, 15) is 10.2 Å². The molecule has 1 heterocycles. The fraction of sp³-hybridized carbons (Fsp3) is 0.571. The highest BCUT2D eigenvalue weighted by atomic mass is 16.3. The third-order valence-corrected chi connectivity index (χ3v) is 3.49. The van der Waals surface area contributed by atoms with Crippen LogP contribution < -0.4 is 4.90 Å². The smallest absolute Gasteiger partial charge is 0.0807 e. The van der Waals surface area contributed by atoms with E-state index in [1.54, 1.807) is 0 Å². The van der Waals surface area contributed by atoms with E-state index in [-0.39, 0.29) is 6.10 Å². The molecule has 1 saturated heterocycles. The minimum atomic E-state index is -0.391. The maximum absolute atomic E-state index is 10.0. The molecular formula is C14H21NO2. The van der Waals surface area contributed by atoms with E-state index in [0.29, 0.717) is 0 Å². The van der Waals surface area contributed by atoms with Gasteiger partial charge in [-0.25, -0.2) is 0 Å². The number of aliphatic hydroxyl groups excluding tert-OH is 2. The Morgan fingerprint density at radius 2 is 1.94 bits per heavy atom. The van der Waals surface area contributed by atoms with E-state index in [2.05, 4.69) is 11.0 Å². The predicted molar refractivity (Wildman–Crippen MR) is 69.1 cm³/mol. The van der Waals surface area contributed by atoms with Gasteiger partial charge in [0.15, 0.2) is 0 Å². The average molecular weight is 235 g/mol. The molecule has 3 heteroatoms. The first-order valence-corrected chi connectivity index (χ1v) is 6.42. The van der Waals surface area contributed by atoms with E-state index >= 15 is 0 Å². The van der Waals surface area contributed by atoms with Crippen LogP contribution in [0.4, 0.5) is 5.69 Å². The lowest BCUT2D eigenvalue weighted by Gasteiger charge is -2.33. The zero-order valence-corrected chi connectivity index (χ0v) is 10.3. The monoisotopic (exact) mass is 235 g/mol. The van der Waals surface area contributed by atoms with Gasteiger partial charge < -0.3 is 15.1 Å². The van der Waals surface area contributed by atoms with Crippen LogP contribution in [0.1, 0.15) is 37.9 Å². The molecule has 1 aliphatic heterocycles. The lowest BCUT2D eigenvalue weighted by Crippen LogP contribution is -2.36. The molecule has 1 aliphatic rings. The summed E-state index contributed by atoms with van der Waals surface area (Å²) < 4.78 is 0. The number of anilines is 1. The minimum Gasteiger partial charge on any atom is -0.393 e. The number of aliphatic hydroxyl groups is 2. The van der Waals surface area contributed by atoms with Crippen molar-refractivity contribution in [3.63, 3.8) is 0 Å². The molecule has 0 radical (unpaired) electrons. The zero-order chi connectivity index (χ0) is 12.3. The maximum Gasteiger partial charge on any atom is 0.0807 e. The number of benzene rings is 1. The molecule has 0 spiro atoms. The van der Waals surface area contributed by atoms with Crippen molar-refractivity contribution in [2.75, 3.05) is 18.0 Å². The van der Waals surface area contributed by atoms with Gasteiger partial charge in [-0.1, -0.05) is 25.1 Å². The molecule has 0 bridgehead atoms. The van der Waals surface area contributed by atoms with Crippen LogP contribution in [0.5, 0.6) is 0 Å². The van der Waals surface area contributed by atoms with Gasteiger partial charge >= 0.3 is 0 Å². The van der Waals surface area contributed by atoms with Gasteiger partial charge in [0.1, 0.15) is 0 Å². The van der Waals surface area contributed by atoms with Crippen LogP contribution >= 0.6 is 0 Å². The average Bonchev–Trinajstić information content (AvgIpc) is 2.39. The van der Waals surface area contributed by atoms with Gasteiger partial charge in [0, 0.05) is 24.3 Å². The van der Waals surface area contributed by atoms with Gasteiger partial charge in [-0.15, -0.1) is 0 Å². The van der Waals surface area contributed by atoms with Crippen LogP contribution in [0.15, 0.2) is 24.3 Å². The normalized spacial score (nSPS) is 19.4.